The van der Waals surface area contributed by atoms with Crippen LogP contribution in [0.1, 0.15) is 16.8 Å². The van der Waals surface area contributed by atoms with E-state index in [9.17, 15) is 4.79 Å². The normalized spacial score (nSPS) is 12.1. The molecular weight excluding hydrogens is 206 g/mol. The highest BCUT2D eigenvalue weighted by molar-refractivity contribution is 5.93. The van der Waals surface area contributed by atoms with Gasteiger partial charge in [-0.3, -0.25) is 9.78 Å². The van der Waals surface area contributed by atoms with Gasteiger partial charge in [-0.15, -0.1) is 0 Å². The molecule has 0 fully saturated rings. The van der Waals surface area contributed by atoms with Crippen LogP contribution < -0.4 is 11.1 Å². The minimum Gasteiger partial charge on any atom is -0.383 e. The van der Waals surface area contributed by atoms with Crippen molar-refractivity contribution < 1.29 is 9.53 Å². The summed E-state index contributed by atoms with van der Waals surface area (Å²) < 4.78 is 5.01. The van der Waals surface area contributed by atoms with E-state index in [1.165, 1.54) is 6.20 Å². The third-order valence-corrected chi connectivity index (χ3v) is 2.14. The number of hydrogen-bond acceptors (Lipinski definition) is 4. The molecule has 1 aromatic rings. The number of hydrogen-bond donors (Lipinski definition) is 2. The van der Waals surface area contributed by atoms with Crippen molar-refractivity contribution in [1.29, 1.82) is 0 Å². The molecule has 5 heteroatoms. The molecule has 88 valence electrons. The van der Waals surface area contributed by atoms with Crippen LogP contribution in [0.15, 0.2) is 24.5 Å². The first-order valence-electron chi connectivity index (χ1n) is 5.17. The standard InChI is InChI=1S/C11H17N3O2/c1-16-8-10(4-5-12)14-11(15)9-3-2-6-13-7-9/h2-3,6-7,10H,4-5,8,12H2,1H3,(H,14,15). The van der Waals surface area contributed by atoms with Gasteiger partial charge < -0.3 is 15.8 Å². The molecular formula is C11H17N3O2. The fourth-order valence-corrected chi connectivity index (χ4v) is 1.37. The molecule has 0 aliphatic heterocycles. The van der Waals surface area contributed by atoms with Crippen molar-refractivity contribution in [3.8, 4) is 0 Å². The number of amides is 1. The molecule has 0 saturated carbocycles. The number of nitrogens with one attached hydrogen (secondary N) is 1. The number of carbonyl (C=O) groups is 1. The molecule has 1 rings (SSSR count). The summed E-state index contributed by atoms with van der Waals surface area (Å²) in [7, 11) is 1.60. The lowest BCUT2D eigenvalue weighted by Crippen LogP contribution is -2.39. The van der Waals surface area contributed by atoms with Gasteiger partial charge >= 0.3 is 0 Å². The van der Waals surface area contributed by atoms with Crippen molar-refractivity contribution >= 4 is 5.91 Å². The molecule has 16 heavy (non-hydrogen) atoms. The Labute approximate surface area is 95.0 Å². The van der Waals surface area contributed by atoms with Crippen LogP contribution in [0.5, 0.6) is 0 Å². The van der Waals surface area contributed by atoms with Crippen molar-refractivity contribution in [1.82, 2.24) is 10.3 Å². The Kier molecular flexibility index (Phi) is 5.45. The second kappa shape index (κ2) is 6.92. The molecule has 0 aliphatic carbocycles. The van der Waals surface area contributed by atoms with E-state index in [1.807, 2.05) is 0 Å². The molecule has 1 amide bonds. The predicted molar refractivity (Wildman–Crippen MR) is 61.0 cm³/mol. The fourth-order valence-electron chi connectivity index (χ4n) is 1.37. The average Bonchev–Trinajstić information content (AvgIpc) is 2.31. The van der Waals surface area contributed by atoms with Gasteiger partial charge in [0.1, 0.15) is 0 Å². The van der Waals surface area contributed by atoms with Crippen LogP contribution in [-0.2, 0) is 4.74 Å². The Hall–Kier alpha value is -1.46. The fraction of sp³-hybridized carbons (Fsp3) is 0.455. The van der Waals surface area contributed by atoms with Gasteiger partial charge in [0, 0.05) is 19.5 Å². The lowest BCUT2D eigenvalue weighted by Gasteiger charge is -2.16. The van der Waals surface area contributed by atoms with E-state index >= 15 is 0 Å². The first-order chi connectivity index (χ1) is 7.77. The molecule has 0 bridgehead atoms. The van der Waals surface area contributed by atoms with Crippen LogP contribution in [0, 0.1) is 0 Å². The number of methoxy groups -OCH3 is 1. The van der Waals surface area contributed by atoms with E-state index in [0.717, 1.165) is 0 Å². The number of pyridine rings is 1. The van der Waals surface area contributed by atoms with Crippen LogP contribution in [0.4, 0.5) is 0 Å². The topological polar surface area (TPSA) is 77.2 Å². The second-order valence-electron chi connectivity index (χ2n) is 3.44. The van der Waals surface area contributed by atoms with Gasteiger partial charge in [-0.05, 0) is 25.1 Å². The number of nitrogens with two attached hydrogens (primary N) is 1. The molecule has 1 heterocycles. The van der Waals surface area contributed by atoms with E-state index in [1.54, 1.807) is 25.4 Å². The third-order valence-electron chi connectivity index (χ3n) is 2.14. The predicted octanol–water partition coefficient (Wildman–Crippen LogP) is 0.175. The van der Waals surface area contributed by atoms with E-state index < -0.39 is 0 Å². The van der Waals surface area contributed by atoms with Crippen LogP contribution in [-0.4, -0.2) is 37.2 Å². The van der Waals surface area contributed by atoms with Gasteiger partial charge in [-0.25, -0.2) is 0 Å². The zero-order valence-corrected chi connectivity index (χ0v) is 9.35. The third kappa shape index (κ3) is 3.96. The van der Waals surface area contributed by atoms with Crippen molar-refractivity contribution in [2.24, 2.45) is 5.73 Å². The first kappa shape index (κ1) is 12.6. The van der Waals surface area contributed by atoms with Crippen LogP contribution >= 0.6 is 0 Å². The quantitative estimate of drug-likeness (QED) is 0.721. The van der Waals surface area contributed by atoms with Gasteiger partial charge in [-0.2, -0.15) is 0 Å². The number of ether oxygens (including phenoxy) is 1. The minimum atomic E-state index is -0.149. The maximum atomic E-state index is 11.8. The summed E-state index contributed by atoms with van der Waals surface area (Å²) in [6, 6.07) is 3.39. The highest BCUT2D eigenvalue weighted by atomic mass is 16.5. The van der Waals surface area contributed by atoms with E-state index in [0.29, 0.717) is 25.1 Å². The number of nitrogens with zero attached hydrogens (tertiary/aromatic N) is 1. The molecule has 1 atom stereocenters. The maximum absolute atomic E-state index is 11.8. The molecule has 1 aromatic heterocycles. The Balaban J connectivity index is 2.54. The van der Waals surface area contributed by atoms with Crippen LogP contribution in [0.2, 0.25) is 0 Å². The Morgan fingerprint density at radius 2 is 2.50 bits per heavy atom. The van der Waals surface area contributed by atoms with Gasteiger partial charge in [0.25, 0.3) is 5.91 Å². The summed E-state index contributed by atoms with van der Waals surface area (Å²) in [5.74, 6) is -0.149. The number of rotatable bonds is 6. The van der Waals surface area contributed by atoms with E-state index in [2.05, 4.69) is 10.3 Å². The number of carbonyl (C=O) groups excluding carboxylic acids is 1. The Morgan fingerprint density at radius 3 is 3.06 bits per heavy atom. The maximum Gasteiger partial charge on any atom is 0.253 e. The SMILES string of the molecule is COCC(CCN)NC(=O)c1cccnc1. The van der Waals surface area contributed by atoms with Gasteiger partial charge in [-0.1, -0.05) is 0 Å². The Morgan fingerprint density at radius 1 is 1.69 bits per heavy atom. The summed E-state index contributed by atoms with van der Waals surface area (Å²) in [6.45, 7) is 0.977. The monoisotopic (exact) mass is 223 g/mol. The van der Waals surface area contributed by atoms with Crippen molar-refractivity contribution in [3.63, 3.8) is 0 Å². The summed E-state index contributed by atoms with van der Waals surface area (Å²) in [5.41, 5.74) is 6.00. The lowest BCUT2D eigenvalue weighted by atomic mass is 10.2. The van der Waals surface area contributed by atoms with Crippen LogP contribution in [0.3, 0.4) is 0 Å². The smallest absolute Gasteiger partial charge is 0.253 e. The summed E-state index contributed by atoms with van der Waals surface area (Å²) in [6.07, 6.45) is 3.85. The molecule has 0 spiro atoms. The van der Waals surface area contributed by atoms with Gasteiger partial charge in [0.15, 0.2) is 0 Å². The number of aromatic nitrogens is 1. The molecule has 3 N–H and O–H groups in total. The van der Waals surface area contributed by atoms with Gasteiger partial charge in [0.05, 0.1) is 18.2 Å². The van der Waals surface area contributed by atoms with Gasteiger partial charge in [0.2, 0.25) is 0 Å². The summed E-state index contributed by atoms with van der Waals surface area (Å²) in [5, 5.41) is 2.85. The zero-order valence-electron chi connectivity index (χ0n) is 9.35. The van der Waals surface area contributed by atoms with Crippen molar-refractivity contribution in [2.45, 2.75) is 12.5 Å². The highest BCUT2D eigenvalue weighted by Gasteiger charge is 2.12. The van der Waals surface area contributed by atoms with Crippen LogP contribution in [0.25, 0.3) is 0 Å². The average molecular weight is 223 g/mol. The summed E-state index contributed by atoms with van der Waals surface area (Å²) >= 11 is 0. The lowest BCUT2D eigenvalue weighted by molar-refractivity contribution is 0.0893. The molecule has 1 unspecified atom stereocenters. The van der Waals surface area contributed by atoms with Crippen molar-refractivity contribution in [2.75, 3.05) is 20.3 Å². The zero-order chi connectivity index (χ0) is 11.8. The first-order valence-corrected chi connectivity index (χ1v) is 5.17. The molecule has 0 aromatic carbocycles. The summed E-state index contributed by atoms with van der Waals surface area (Å²) in [4.78, 5) is 15.6. The van der Waals surface area contributed by atoms with Crippen molar-refractivity contribution in [3.05, 3.63) is 30.1 Å². The largest absolute Gasteiger partial charge is 0.383 e. The molecule has 5 nitrogen and oxygen atoms in total. The van der Waals surface area contributed by atoms with E-state index in [4.69, 9.17) is 10.5 Å². The molecule has 0 aliphatic rings. The molecule has 0 saturated heterocycles. The minimum absolute atomic E-state index is 0.0530. The second-order valence-corrected chi connectivity index (χ2v) is 3.44. The highest BCUT2D eigenvalue weighted by Crippen LogP contribution is 1.98. The Bertz CT molecular complexity index is 310. The van der Waals surface area contributed by atoms with E-state index in [-0.39, 0.29) is 11.9 Å². The molecule has 0 radical (unpaired) electrons.